The lowest BCUT2D eigenvalue weighted by atomic mass is 9.90. The molecule has 1 aliphatic rings. The third-order valence-corrected chi connectivity index (χ3v) is 3.78. The molecule has 2 atom stereocenters. The van der Waals surface area contributed by atoms with E-state index in [1.54, 1.807) is 6.08 Å². The lowest BCUT2D eigenvalue weighted by molar-refractivity contribution is -0.130. The largest absolute Gasteiger partial charge is 0.335 e. The standard InChI is InChI=1S/C15H20FN3O/c1-11-3-2-6-19(14(11)8-17)15(20)5-4-12-7-13(16)10-18-9-12/h4-5,7,9-11,14H,2-3,6,8,17H2,1H3/b5-4+. The van der Waals surface area contributed by atoms with E-state index in [4.69, 9.17) is 5.73 Å². The molecule has 2 N–H and O–H groups in total. The van der Waals surface area contributed by atoms with Gasteiger partial charge in [-0.15, -0.1) is 0 Å². The second-order valence-electron chi connectivity index (χ2n) is 5.22. The Morgan fingerprint density at radius 2 is 2.40 bits per heavy atom. The topological polar surface area (TPSA) is 59.2 Å². The molecule has 2 rings (SSSR count). The zero-order valence-corrected chi connectivity index (χ0v) is 11.6. The van der Waals surface area contributed by atoms with Crippen LogP contribution in [0.5, 0.6) is 0 Å². The van der Waals surface area contributed by atoms with Crippen molar-refractivity contribution in [1.82, 2.24) is 9.88 Å². The van der Waals surface area contributed by atoms with Gasteiger partial charge in [0.05, 0.1) is 6.20 Å². The number of rotatable bonds is 3. The van der Waals surface area contributed by atoms with Gasteiger partial charge >= 0.3 is 0 Å². The third-order valence-electron chi connectivity index (χ3n) is 3.78. The van der Waals surface area contributed by atoms with Crippen LogP contribution in [0.15, 0.2) is 24.5 Å². The average molecular weight is 277 g/mol. The first-order valence-electron chi connectivity index (χ1n) is 6.91. The molecule has 1 aromatic rings. The number of halogens is 1. The number of carbonyl (C=O) groups is 1. The van der Waals surface area contributed by atoms with Gasteiger partial charge in [-0.3, -0.25) is 9.78 Å². The zero-order chi connectivity index (χ0) is 14.5. The van der Waals surface area contributed by atoms with Crippen LogP contribution >= 0.6 is 0 Å². The van der Waals surface area contributed by atoms with Gasteiger partial charge in [-0.25, -0.2) is 4.39 Å². The number of aromatic nitrogens is 1. The van der Waals surface area contributed by atoms with E-state index in [0.29, 0.717) is 18.0 Å². The quantitative estimate of drug-likeness (QED) is 0.857. The van der Waals surface area contributed by atoms with E-state index in [2.05, 4.69) is 11.9 Å². The molecule has 0 aromatic carbocycles. The fraction of sp³-hybridized carbons (Fsp3) is 0.467. The zero-order valence-electron chi connectivity index (χ0n) is 11.6. The van der Waals surface area contributed by atoms with Crippen molar-refractivity contribution in [3.63, 3.8) is 0 Å². The van der Waals surface area contributed by atoms with Crippen LogP contribution in [0.3, 0.4) is 0 Å². The number of nitrogens with two attached hydrogens (primary N) is 1. The number of piperidine rings is 1. The van der Waals surface area contributed by atoms with E-state index in [9.17, 15) is 9.18 Å². The SMILES string of the molecule is CC1CCCN(C(=O)/C=C/c2cncc(F)c2)C1CN. The van der Waals surface area contributed by atoms with Crippen molar-refractivity contribution in [1.29, 1.82) is 0 Å². The molecule has 0 saturated carbocycles. The van der Waals surface area contributed by atoms with E-state index in [0.717, 1.165) is 25.6 Å². The molecular weight excluding hydrogens is 257 g/mol. The van der Waals surface area contributed by atoms with E-state index < -0.39 is 5.82 Å². The van der Waals surface area contributed by atoms with Crippen LogP contribution in [0.2, 0.25) is 0 Å². The van der Waals surface area contributed by atoms with Gasteiger partial charge in [-0.2, -0.15) is 0 Å². The van der Waals surface area contributed by atoms with Gasteiger partial charge in [-0.1, -0.05) is 6.92 Å². The van der Waals surface area contributed by atoms with Gasteiger partial charge in [-0.05, 0) is 36.5 Å². The van der Waals surface area contributed by atoms with Gasteiger partial charge in [0.15, 0.2) is 0 Å². The Hall–Kier alpha value is -1.75. The van der Waals surface area contributed by atoms with Crippen molar-refractivity contribution in [2.24, 2.45) is 11.7 Å². The maximum absolute atomic E-state index is 13.0. The van der Waals surface area contributed by atoms with Gasteiger partial charge in [0, 0.05) is 31.4 Å². The molecule has 1 saturated heterocycles. The molecule has 2 heterocycles. The maximum Gasteiger partial charge on any atom is 0.246 e. The smallest absolute Gasteiger partial charge is 0.246 e. The number of likely N-dealkylation sites (tertiary alicyclic amines) is 1. The number of amides is 1. The van der Waals surface area contributed by atoms with E-state index in [-0.39, 0.29) is 11.9 Å². The number of nitrogens with zero attached hydrogens (tertiary/aromatic N) is 2. The Balaban J connectivity index is 2.07. The van der Waals surface area contributed by atoms with Crippen LogP contribution in [0.25, 0.3) is 6.08 Å². The highest BCUT2D eigenvalue weighted by Crippen LogP contribution is 2.22. The second kappa shape index (κ2) is 6.61. The van der Waals surface area contributed by atoms with Crippen molar-refractivity contribution in [3.8, 4) is 0 Å². The summed E-state index contributed by atoms with van der Waals surface area (Å²) in [6.07, 6.45) is 7.81. The monoisotopic (exact) mass is 277 g/mol. The van der Waals surface area contributed by atoms with Crippen LogP contribution in [0.4, 0.5) is 4.39 Å². The van der Waals surface area contributed by atoms with Gasteiger partial charge in [0.2, 0.25) is 5.91 Å². The van der Waals surface area contributed by atoms with Crippen molar-refractivity contribution in [3.05, 3.63) is 35.9 Å². The van der Waals surface area contributed by atoms with Gasteiger partial charge < -0.3 is 10.6 Å². The highest BCUT2D eigenvalue weighted by atomic mass is 19.1. The minimum Gasteiger partial charge on any atom is -0.335 e. The second-order valence-corrected chi connectivity index (χ2v) is 5.22. The van der Waals surface area contributed by atoms with Crippen LogP contribution in [-0.2, 0) is 4.79 Å². The molecule has 108 valence electrons. The van der Waals surface area contributed by atoms with E-state index in [1.807, 2.05) is 4.90 Å². The van der Waals surface area contributed by atoms with Crippen molar-refractivity contribution < 1.29 is 9.18 Å². The molecule has 1 aromatic heterocycles. The lowest BCUT2D eigenvalue weighted by Gasteiger charge is -2.38. The Kier molecular flexibility index (Phi) is 4.84. The predicted octanol–water partition coefficient (Wildman–Crippen LogP) is 1.82. The fourth-order valence-electron chi connectivity index (χ4n) is 2.66. The molecule has 5 heteroatoms. The minimum atomic E-state index is -0.411. The summed E-state index contributed by atoms with van der Waals surface area (Å²) >= 11 is 0. The molecule has 0 bridgehead atoms. The number of hydrogen-bond acceptors (Lipinski definition) is 3. The van der Waals surface area contributed by atoms with Crippen molar-refractivity contribution in [2.45, 2.75) is 25.8 Å². The third kappa shape index (κ3) is 3.42. The van der Waals surface area contributed by atoms with Crippen molar-refractivity contribution in [2.75, 3.05) is 13.1 Å². The Labute approximate surface area is 118 Å². The van der Waals surface area contributed by atoms with E-state index in [1.165, 1.54) is 18.3 Å². The highest BCUT2D eigenvalue weighted by Gasteiger charge is 2.29. The predicted molar refractivity (Wildman–Crippen MR) is 76.2 cm³/mol. The van der Waals surface area contributed by atoms with Gasteiger partial charge in [0.1, 0.15) is 5.82 Å². The highest BCUT2D eigenvalue weighted by molar-refractivity contribution is 5.92. The molecule has 20 heavy (non-hydrogen) atoms. The Morgan fingerprint density at radius 1 is 1.60 bits per heavy atom. The minimum absolute atomic E-state index is 0.0729. The molecule has 2 unspecified atom stereocenters. The molecular formula is C15H20FN3O. The number of pyridine rings is 1. The summed E-state index contributed by atoms with van der Waals surface area (Å²) in [5.41, 5.74) is 6.35. The van der Waals surface area contributed by atoms with E-state index >= 15 is 0 Å². The summed E-state index contributed by atoms with van der Waals surface area (Å²) in [7, 11) is 0. The summed E-state index contributed by atoms with van der Waals surface area (Å²) in [5.74, 6) is -0.0655. The molecule has 0 aliphatic carbocycles. The summed E-state index contributed by atoms with van der Waals surface area (Å²) in [5, 5.41) is 0. The normalized spacial score (nSPS) is 23.2. The van der Waals surface area contributed by atoms with Crippen LogP contribution < -0.4 is 5.73 Å². The molecule has 0 radical (unpaired) electrons. The molecule has 1 aliphatic heterocycles. The summed E-state index contributed by atoms with van der Waals surface area (Å²) in [4.78, 5) is 17.8. The van der Waals surface area contributed by atoms with Crippen LogP contribution in [-0.4, -0.2) is 34.9 Å². The first-order valence-corrected chi connectivity index (χ1v) is 6.91. The summed E-state index contributed by atoms with van der Waals surface area (Å²) in [6.45, 7) is 3.33. The first kappa shape index (κ1) is 14.7. The average Bonchev–Trinajstić information content (AvgIpc) is 2.44. The number of carbonyl (C=O) groups excluding carboxylic acids is 1. The number of hydrogen-bond donors (Lipinski definition) is 1. The molecule has 1 fully saturated rings. The van der Waals surface area contributed by atoms with Gasteiger partial charge in [0.25, 0.3) is 0 Å². The molecule has 4 nitrogen and oxygen atoms in total. The van der Waals surface area contributed by atoms with Crippen molar-refractivity contribution >= 4 is 12.0 Å². The molecule has 1 amide bonds. The lowest BCUT2D eigenvalue weighted by Crippen LogP contribution is -2.50. The Morgan fingerprint density at radius 3 is 3.10 bits per heavy atom. The fourth-order valence-corrected chi connectivity index (χ4v) is 2.66. The summed E-state index contributed by atoms with van der Waals surface area (Å²) < 4.78 is 13.0. The molecule has 0 spiro atoms. The summed E-state index contributed by atoms with van der Waals surface area (Å²) in [6, 6.07) is 1.43. The Bertz CT molecular complexity index is 504. The first-order chi connectivity index (χ1) is 9.61. The maximum atomic E-state index is 13.0. The van der Waals surface area contributed by atoms with Crippen LogP contribution in [0.1, 0.15) is 25.3 Å². The van der Waals surface area contributed by atoms with Crippen LogP contribution in [0, 0.1) is 11.7 Å².